The summed E-state index contributed by atoms with van der Waals surface area (Å²) in [6.07, 6.45) is -8.18. The number of carbonyl (C=O) groups is 1. The van der Waals surface area contributed by atoms with Crippen molar-refractivity contribution in [3.05, 3.63) is 28.6 Å². The third-order valence-electron chi connectivity index (χ3n) is 1.93. The molecule has 17 heavy (non-hydrogen) atoms. The van der Waals surface area contributed by atoms with Crippen LogP contribution in [0.25, 0.3) is 0 Å². The molecular weight excluding hydrogens is 313 g/mol. The Morgan fingerprint density at radius 2 is 2.00 bits per heavy atom. The molecule has 0 aliphatic carbocycles. The van der Waals surface area contributed by atoms with Crippen LogP contribution in [0.5, 0.6) is 0 Å². The number of aldehydes is 1. The normalized spacial score (nSPS) is 11.9. The Labute approximate surface area is 101 Å². The third-order valence-corrected chi connectivity index (χ3v) is 2.46. The average Bonchev–Trinajstić information content (AvgIpc) is 2.25. The number of halogens is 6. The second-order valence-corrected chi connectivity index (χ2v) is 3.57. The molecule has 0 aliphatic rings. The Balaban J connectivity index is 3.51. The van der Waals surface area contributed by atoms with Gasteiger partial charge >= 0.3 is 6.18 Å². The molecule has 0 N–H and O–H groups in total. The van der Waals surface area contributed by atoms with E-state index >= 15 is 0 Å². The highest BCUT2D eigenvalue weighted by Crippen LogP contribution is 2.36. The zero-order valence-electron chi connectivity index (χ0n) is 8.06. The van der Waals surface area contributed by atoms with Crippen LogP contribution in [0.2, 0.25) is 0 Å². The molecule has 0 aliphatic heterocycles. The Hall–Kier alpha value is -1.05. The van der Waals surface area contributed by atoms with Gasteiger partial charge in [0.15, 0.2) is 6.29 Å². The maximum atomic E-state index is 12.5. The zero-order chi connectivity index (χ0) is 13.2. The van der Waals surface area contributed by atoms with Crippen LogP contribution in [0.1, 0.15) is 33.7 Å². The SMILES string of the molecule is O=Cc1cc(C(F)(F)F)c(C(F)F)nc1CBr. The number of carbonyl (C=O) groups excluding carboxylic acids is 1. The lowest BCUT2D eigenvalue weighted by Gasteiger charge is -2.13. The Bertz CT molecular complexity index is 432. The third kappa shape index (κ3) is 2.99. The zero-order valence-corrected chi connectivity index (χ0v) is 9.65. The van der Waals surface area contributed by atoms with Crippen LogP contribution in [-0.4, -0.2) is 11.3 Å². The summed E-state index contributed by atoms with van der Waals surface area (Å²) in [5.74, 6) is 0. The van der Waals surface area contributed by atoms with E-state index in [9.17, 15) is 26.7 Å². The summed E-state index contributed by atoms with van der Waals surface area (Å²) >= 11 is 2.86. The molecule has 8 heteroatoms. The highest BCUT2D eigenvalue weighted by molar-refractivity contribution is 9.08. The lowest BCUT2D eigenvalue weighted by atomic mass is 10.1. The molecule has 2 nitrogen and oxygen atoms in total. The monoisotopic (exact) mass is 317 g/mol. The number of rotatable bonds is 3. The fourth-order valence-electron chi connectivity index (χ4n) is 1.19. The average molecular weight is 318 g/mol. The van der Waals surface area contributed by atoms with Crippen molar-refractivity contribution in [2.24, 2.45) is 0 Å². The molecule has 1 aromatic rings. The number of hydrogen-bond acceptors (Lipinski definition) is 2. The molecule has 0 atom stereocenters. The minimum Gasteiger partial charge on any atom is -0.298 e. The van der Waals surface area contributed by atoms with Crippen LogP contribution in [-0.2, 0) is 11.5 Å². The molecule has 0 spiro atoms. The minimum absolute atomic E-state index is 0.0844. The van der Waals surface area contributed by atoms with Crippen molar-refractivity contribution in [1.82, 2.24) is 4.98 Å². The van der Waals surface area contributed by atoms with Crippen molar-refractivity contribution in [1.29, 1.82) is 0 Å². The molecule has 0 saturated carbocycles. The van der Waals surface area contributed by atoms with Gasteiger partial charge in [0.05, 0.1) is 11.3 Å². The van der Waals surface area contributed by atoms with Gasteiger partial charge in [-0.25, -0.2) is 13.8 Å². The van der Waals surface area contributed by atoms with E-state index in [1.165, 1.54) is 0 Å². The molecule has 1 rings (SSSR count). The van der Waals surface area contributed by atoms with E-state index < -0.39 is 23.9 Å². The van der Waals surface area contributed by atoms with Gasteiger partial charge < -0.3 is 0 Å². The van der Waals surface area contributed by atoms with Crippen molar-refractivity contribution in [2.45, 2.75) is 17.9 Å². The fourth-order valence-corrected chi connectivity index (χ4v) is 1.63. The van der Waals surface area contributed by atoms with Gasteiger partial charge in [-0.2, -0.15) is 13.2 Å². The van der Waals surface area contributed by atoms with Crippen molar-refractivity contribution in [3.63, 3.8) is 0 Å². The molecule has 0 saturated heterocycles. The van der Waals surface area contributed by atoms with Crippen LogP contribution in [0, 0.1) is 0 Å². The molecule has 1 aromatic heterocycles. The minimum atomic E-state index is -4.97. The number of aromatic nitrogens is 1. The molecule has 1 heterocycles. The number of pyridine rings is 1. The van der Waals surface area contributed by atoms with E-state index in [0.29, 0.717) is 6.07 Å². The molecule has 0 aromatic carbocycles. The summed E-state index contributed by atoms with van der Waals surface area (Å²) < 4.78 is 62.3. The Kier molecular flexibility index (Phi) is 4.18. The first-order chi connectivity index (χ1) is 7.81. The van der Waals surface area contributed by atoms with E-state index in [2.05, 4.69) is 20.9 Å². The first kappa shape index (κ1) is 14.0. The smallest absolute Gasteiger partial charge is 0.298 e. The molecule has 0 amide bonds. The first-order valence-corrected chi connectivity index (χ1v) is 5.33. The van der Waals surface area contributed by atoms with Gasteiger partial charge in [-0.1, -0.05) is 15.9 Å². The van der Waals surface area contributed by atoms with Crippen LogP contribution in [0.4, 0.5) is 22.0 Å². The van der Waals surface area contributed by atoms with Crippen molar-refractivity contribution < 1.29 is 26.7 Å². The second kappa shape index (κ2) is 5.07. The Morgan fingerprint density at radius 1 is 1.41 bits per heavy atom. The van der Waals surface area contributed by atoms with Crippen LogP contribution in [0.3, 0.4) is 0 Å². The van der Waals surface area contributed by atoms with Crippen molar-refractivity contribution >= 4 is 22.2 Å². The van der Waals surface area contributed by atoms with E-state index in [0.717, 1.165) is 0 Å². The van der Waals surface area contributed by atoms with Crippen LogP contribution >= 0.6 is 15.9 Å². The number of hydrogen-bond donors (Lipinski definition) is 0. The largest absolute Gasteiger partial charge is 0.418 e. The van der Waals surface area contributed by atoms with Crippen molar-refractivity contribution in [2.75, 3.05) is 0 Å². The summed E-state index contributed by atoms with van der Waals surface area (Å²) in [5, 5.41) is -0.0844. The predicted octanol–water partition coefficient (Wildman–Crippen LogP) is 3.75. The standard InChI is InChI=1S/C9H5BrF5NO/c10-2-6-4(3-17)1-5(9(13,14)15)7(16-6)8(11)12/h1,3,8H,2H2. The quantitative estimate of drug-likeness (QED) is 0.483. The van der Waals surface area contributed by atoms with Gasteiger partial charge in [0.1, 0.15) is 5.69 Å². The van der Waals surface area contributed by atoms with Gasteiger partial charge in [0.25, 0.3) is 6.43 Å². The van der Waals surface area contributed by atoms with Crippen molar-refractivity contribution in [3.8, 4) is 0 Å². The second-order valence-electron chi connectivity index (χ2n) is 3.01. The molecular formula is C9H5BrF5NO. The summed E-state index contributed by atoms with van der Waals surface area (Å²) in [5.41, 5.74) is -3.46. The lowest BCUT2D eigenvalue weighted by molar-refractivity contribution is -0.140. The molecule has 0 radical (unpaired) electrons. The predicted molar refractivity (Wildman–Crippen MR) is 52.2 cm³/mol. The highest BCUT2D eigenvalue weighted by atomic mass is 79.9. The van der Waals surface area contributed by atoms with E-state index in [1.807, 2.05) is 0 Å². The molecule has 0 bridgehead atoms. The van der Waals surface area contributed by atoms with Crippen LogP contribution in [0.15, 0.2) is 6.07 Å². The van der Waals surface area contributed by atoms with Gasteiger partial charge in [-0.05, 0) is 6.07 Å². The molecule has 94 valence electrons. The summed E-state index contributed by atoms with van der Waals surface area (Å²) in [4.78, 5) is 13.7. The van der Waals surface area contributed by atoms with E-state index in [4.69, 9.17) is 0 Å². The molecule has 0 fully saturated rings. The maximum Gasteiger partial charge on any atom is 0.418 e. The van der Waals surface area contributed by atoms with Gasteiger partial charge in [-0.15, -0.1) is 0 Å². The van der Waals surface area contributed by atoms with Gasteiger partial charge in [-0.3, -0.25) is 4.79 Å². The molecule has 0 unspecified atom stereocenters. The number of alkyl halides is 6. The number of nitrogens with zero attached hydrogens (tertiary/aromatic N) is 1. The fraction of sp³-hybridized carbons (Fsp3) is 0.333. The maximum absolute atomic E-state index is 12.5. The Morgan fingerprint density at radius 3 is 2.35 bits per heavy atom. The first-order valence-electron chi connectivity index (χ1n) is 4.21. The summed E-state index contributed by atoms with van der Waals surface area (Å²) in [6, 6.07) is 0.387. The summed E-state index contributed by atoms with van der Waals surface area (Å²) in [7, 11) is 0. The van der Waals surface area contributed by atoms with E-state index in [1.54, 1.807) is 0 Å². The summed E-state index contributed by atoms with van der Waals surface area (Å²) in [6.45, 7) is 0. The lowest BCUT2D eigenvalue weighted by Crippen LogP contribution is -2.14. The van der Waals surface area contributed by atoms with Gasteiger partial charge in [0.2, 0.25) is 0 Å². The van der Waals surface area contributed by atoms with E-state index in [-0.39, 0.29) is 22.9 Å². The van der Waals surface area contributed by atoms with Gasteiger partial charge in [0, 0.05) is 10.9 Å². The topological polar surface area (TPSA) is 30.0 Å². The van der Waals surface area contributed by atoms with Crippen LogP contribution < -0.4 is 0 Å². The highest BCUT2D eigenvalue weighted by Gasteiger charge is 2.37.